The van der Waals surface area contributed by atoms with Crippen LogP contribution in [-0.4, -0.2) is 30.8 Å². The van der Waals surface area contributed by atoms with Crippen molar-refractivity contribution in [1.29, 1.82) is 0 Å². The van der Waals surface area contributed by atoms with E-state index in [1.807, 2.05) is 24.3 Å². The molecule has 0 spiro atoms. The molecule has 0 unspecified atom stereocenters. The Kier molecular flexibility index (Phi) is 7.44. The zero-order valence-electron chi connectivity index (χ0n) is 18.2. The molecule has 0 aliphatic carbocycles. The molecule has 31 heavy (non-hydrogen) atoms. The van der Waals surface area contributed by atoms with Crippen LogP contribution in [0, 0.1) is 0 Å². The van der Waals surface area contributed by atoms with Gasteiger partial charge >= 0.3 is 0 Å². The van der Waals surface area contributed by atoms with Gasteiger partial charge in [0.05, 0.1) is 16.8 Å². The van der Waals surface area contributed by atoms with Gasteiger partial charge in [0.15, 0.2) is 6.61 Å². The molecule has 0 saturated heterocycles. The Hall–Kier alpha value is -2.31. The van der Waals surface area contributed by atoms with Crippen molar-refractivity contribution in [3.05, 3.63) is 63.1 Å². The Balaban J connectivity index is 1.69. The molecule has 0 aromatic heterocycles. The molecule has 3 rings (SSSR count). The van der Waals surface area contributed by atoms with Crippen LogP contribution in [0.5, 0.6) is 5.75 Å². The fraction of sp³-hybridized carbons (Fsp3) is 0.333. The smallest absolute Gasteiger partial charge is 0.277 e. The monoisotopic (exact) mass is 503 g/mol. The van der Waals surface area contributed by atoms with E-state index < -0.39 is 0 Å². The fourth-order valence-corrected chi connectivity index (χ4v) is 4.20. The molecule has 5 nitrogen and oxygen atoms in total. The van der Waals surface area contributed by atoms with E-state index >= 15 is 0 Å². The van der Waals surface area contributed by atoms with Gasteiger partial charge in [-0.3, -0.25) is 4.79 Å². The first-order valence-corrected chi connectivity index (χ1v) is 11.4. The average molecular weight is 505 g/mol. The zero-order chi connectivity index (χ0) is 22.6. The summed E-state index contributed by atoms with van der Waals surface area (Å²) in [6.45, 7) is 9.53. The molecule has 1 aliphatic rings. The van der Waals surface area contributed by atoms with Crippen LogP contribution in [0.3, 0.4) is 0 Å². The second-order valence-corrected chi connectivity index (χ2v) is 9.38. The summed E-state index contributed by atoms with van der Waals surface area (Å²) in [7, 11) is 0. The molecule has 1 N–H and O–H groups in total. The van der Waals surface area contributed by atoms with E-state index in [2.05, 4.69) is 65.1 Å². The maximum Gasteiger partial charge on any atom is 0.277 e. The van der Waals surface area contributed by atoms with Crippen LogP contribution in [0.25, 0.3) is 5.57 Å². The van der Waals surface area contributed by atoms with Crippen molar-refractivity contribution in [2.75, 3.05) is 18.1 Å². The summed E-state index contributed by atoms with van der Waals surface area (Å²) >= 11 is 9.92. The molecule has 7 heteroatoms. The lowest BCUT2D eigenvalue weighted by molar-refractivity contribution is -0.123. The average Bonchev–Trinajstić information content (AvgIpc) is 2.71. The number of fused-ring (bicyclic) bond motifs is 1. The minimum absolute atomic E-state index is 0.0746. The SMILES string of the molecule is CCCN1c2cc(Cl)c(/C=N\NC(=O)COc3ccc(Br)cc3)cc2C(C)=CC1(C)C. The number of carbonyl (C=O) groups excluding carboxylic acids is 1. The van der Waals surface area contributed by atoms with Gasteiger partial charge in [0.2, 0.25) is 0 Å². The van der Waals surface area contributed by atoms with E-state index in [0.717, 1.165) is 34.3 Å². The zero-order valence-corrected chi connectivity index (χ0v) is 20.5. The predicted molar refractivity (Wildman–Crippen MR) is 132 cm³/mol. The third kappa shape index (κ3) is 5.69. The second-order valence-electron chi connectivity index (χ2n) is 8.06. The van der Waals surface area contributed by atoms with Gasteiger partial charge in [0.1, 0.15) is 5.75 Å². The van der Waals surface area contributed by atoms with E-state index in [-0.39, 0.29) is 18.1 Å². The van der Waals surface area contributed by atoms with Gasteiger partial charge in [-0.15, -0.1) is 0 Å². The molecule has 0 saturated carbocycles. The molecule has 164 valence electrons. The topological polar surface area (TPSA) is 53.9 Å². The van der Waals surface area contributed by atoms with Crippen LogP contribution >= 0.6 is 27.5 Å². The predicted octanol–water partition coefficient (Wildman–Crippen LogP) is 6.04. The van der Waals surface area contributed by atoms with E-state index in [4.69, 9.17) is 16.3 Å². The maximum atomic E-state index is 12.0. The number of hydrogen-bond acceptors (Lipinski definition) is 4. The van der Waals surface area contributed by atoms with Crippen LogP contribution in [0.1, 0.15) is 45.2 Å². The summed E-state index contributed by atoms with van der Waals surface area (Å²) in [5.41, 5.74) is 6.61. The second kappa shape index (κ2) is 9.88. The number of nitrogens with zero attached hydrogens (tertiary/aromatic N) is 2. The molecule has 1 aliphatic heterocycles. The molecule has 0 fully saturated rings. The number of benzene rings is 2. The first-order chi connectivity index (χ1) is 14.7. The van der Waals surface area contributed by atoms with Crippen LogP contribution < -0.4 is 15.1 Å². The van der Waals surface area contributed by atoms with Crippen molar-refractivity contribution in [2.45, 2.75) is 39.7 Å². The highest BCUT2D eigenvalue weighted by Gasteiger charge is 2.31. The highest BCUT2D eigenvalue weighted by molar-refractivity contribution is 9.10. The van der Waals surface area contributed by atoms with Crippen molar-refractivity contribution in [2.24, 2.45) is 5.10 Å². The third-order valence-corrected chi connectivity index (χ3v) is 5.98. The van der Waals surface area contributed by atoms with Gasteiger partial charge in [0, 0.05) is 27.8 Å². The Morgan fingerprint density at radius 2 is 2.00 bits per heavy atom. The standard InChI is InChI=1S/C24H27BrClN3O2/c1-5-10-29-22-12-21(26)17(11-20(22)16(2)13-24(29,3)4)14-27-28-23(30)15-31-19-8-6-18(25)7-9-19/h6-9,11-14H,5,10,15H2,1-4H3,(H,28,30)/b27-14-. The third-order valence-electron chi connectivity index (χ3n) is 5.12. The number of ether oxygens (including phenoxy) is 1. The Morgan fingerprint density at radius 3 is 2.68 bits per heavy atom. The normalized spacial score (nSPS) is 14.9. The van der Waals surface area contributed by atoms with E-state index in [0.29, 0.717) is 10.8 Å². The number of allylic oxidation sites excluding steroid dienone is 1. The molecule has 1 amide bonds. The molecule has 2 aromatic rings. The largest absolute Gasteiger partial charge is 0.484 e. The van der Waals surface area contributed by atoms with Crippen LogP contribution in [0.15, 0.2) is 52.0 Å². The Morgan fingerprint density at radius 1 is 1.29 bits per heavy atom. The lowest BCUT2D eigenvalue weighted by atomic mass is 9.88. The van der Waals surface area contributed by atoms with Gasteiger partial charge in [-0.1, -0.05) is 40.5 Å². The first kappa shape index (κ1) is 23.4. The summed E-state index contributed by atoms with van der Waals surface area (Å²) in [6.07, 6.45) is 4.89. The quantitative estimate of drug-likeness (QED) is 0.369. The van der Waals surface area contributed by atoms with Crippen molar-refractivity contribution in [1.82, 2.24) is 5.43 Å². The number of nitrogens with one attached hydrogen (secondary N) is 1. The molecule has 2 aromatic carbocycles. The minimum atomic E-state index is -0.347. The summed E-state index contributed by atoms with van der Waals surface area (Å²) < 4.78 is 6.39. The summed E-state index contributed by atoms with van der Waals surface area (Å²) in [5.74, 6) is 0.266. The Bertz CT molecular complexity index is 1020. The van der Waals surface area contributed by atoms with Crippen LogP contribution in [0.4, 0.5) is 5.69 Å². The molecule has 0 radical (unpaired) electrons. The minimum Gasteiger partial charge on any atom is -0.484 e. The summed E-state index contributed by atoms with van der Waals surface area (Å²) in [6, 6.07) is 11.3. The molecule has 1 heterocycles. The summed E-state index contributed by atoms with van der Waals surface area (Å²) in [5, 5.41) is 4.65. The highest BCUT2D eigenvalue weighted by Crippen LogP contribution is 2.41. The Labute approximate surface area is 197 Å². The lowest BCUT2D eigenvalue weighted by Gasteiger charge is -2.43. The molecule has 0 atom stereocenters. The van der Waals surface area contributed by atoms with E-state index in [1.54, 1.807) is 18.3 Å². The lowest BCUT2D eigenvalue weighted by Crippen LogP contribution is -2.45. The highest BCUT2D eigenvalue weighted by atomic mass is 79.9. The molecular formula is C24H27BrClN3O2. The number of carbonyl (C=O) groups is 1. The first-order valence-electron chi connectivity index (χ1n) is 10.2. The number of amides is 1. The van der Waals surface area contributed by atoms with Gasteiger partial charge < -0.3 is 9.64 Å². The maximum absolute atomic E-state index is 12.0. The van der Waals surface area contributed by atoms with Crippen molar-refractivity contribution >= 4 is 50.9 Å². The number of hydrogen-bond donors (Lipinski definition) is 1. The number of halogens is 2. The van der Waals surface area contributed by atoms with Crippen molar-refractivity contribution in [3.8, 4) is 5.75 Å². The van der Waals surface area contributed by atoms with Gasteiger partial charge in [-0.2, -0.15) is 5.10 Å². The van der Waals surface area contributed by atoms with Crippen LogP contribution in [0.2, 0.25) is 5.02 Å². The van der Waals surface area contributed by atoms with E-state index in [1.165, 1.54) is 5.57 Å². The van der Waals surface area contributed by atoms with Crippen LogP contribution in [-0.2, 0) is 4.79 Å². The number of hydrazone groups is 1. The molecule has 0 bridgehead atoms. The van der Waals surface area contributed by atoms with Gasteiger partial charge in [-0.25, -0.2) is 5.43 Å². The number of anilines is 1. The molecular weight excluding hydrogens is 478 g/mol. The fourth-order valence-electron chi connectivity index (χ4n) is 3.73. The van der Waals surface area contributed by atoms with Gasteiger partial charge in [0.25, 0.3) is 5.91 Å². The van der Waals surface area contributed by atoms with E-state index in [9.17, 15) is 4.79 Å². The van der Waals surface area contributed by atoms with Gasteiger partial charge in [-0.05, 0) is 69.2 Å². The van der Waals surface area contributed by atoms with Crippen molar-refractivity contribution < 1.29 is 9.53 Å². The summed E-state index contributed by atoms with van der Waals surface area (Å²) in [4.78, 5) is 14.4. The van der Waals surface area contributed by atoms with Crippen molar-refractivity contribution in [3.63, 3.8) is 0 Å². The number of rotatable bonds is 7.